The minimum Gasteiger partial charge on any atom is -0.454 e. The normalized spacial score (nSPS) is 13.2. The fourth-order valence-corrected chi connectivity index (χ4v) is 2.50. The largest absolute Gasteiger partial charge is 0.454 e. The van der Waals surface area contributed by atoms with E-state index in [1.165, 1.54) is 6.92 Å². The van der Waals surface area contributed by atoms with Crippen molar-refractivity contribution in [3.8, 4) is 11.5 Å². The van der Waals surface area contributed by atoms with Crippen molar-refractivity contribution >= 4 is 23.5 Å². The first-order valence-electron chi connectivity index (χ1n) is 7.66. The highest BCUT2D eigenvalue weighted by Crippen LogP contribution is 2.32. The van der Waals surface area contributed by atoms with E-state index in [9.17, 15) is 9.59 Å². The molecule has 1 atom stereocenters. The number of rotatable bonds is 5. The number of hydrogen-bond acceptors (Lipinski definition) is 5. The van der Waals surface area contributed by atoms with Gasteiger partial charge < -0.3 is 19.5 Å². The molecule has 1 aliphatic rings. The predicted octanol–water partition coefficient (Wildman–Crippen LogP) is 2.93. The second-order valence-electron chi connectivity index (χ2n) is 5.43. The number of carbonyl (C=O) groups is 2. The molecule has 130 valence electrons. The Morgan fingerprint density at radius 3 is 2.76 bits per heavy atom. The number of nitrogens with one attached hydrogen (secondary N) is 1. The van der Waals surface area contributed by atoms with Crippen molar-refractivity contribution < 1.29 is 23.8 Å². The van der Waals surface area contributed by atoms with Crippen LogP contribution in [0.25, 0.3) is 0 Å². The monoisotopic (exact) mass is 361 g/mol. The summed E-state index contributed by atoms with van der Waals surface area (Å²) in [7, 11) is 0. The minimum absolute atomic E-state index is 0.195. The van der Waals surface area contributed by atoms with Crippen LogP contribution in [0.2, 0.25) is 5.02 Å². The van der Waals surface area contributed by atoms with Gasteiger partial charge in [0.1, 0.15) is 0 Å². The van der Waals surface area contributed by atoms with Gasteiger partial charge in [0.05, 0.1) is 10.6 Å². The Labute approximate surface area is 149 Å². The average molecular weight is 362 g/mol. The van der Waals surface area contributed by atoms with Crippen LogP contribution in [0.5, 0.6) is 11.5 Å². The zero-order valence-electron chi connectivity index (χ0n) is 13.5. The zero-order valence-corrected chi connectivity index (χ0v) is 14.2. The van der Waals surface area contributed by atoms with Crippen LogP contribution >= 0.6 is 11.6 Å². The average Bonchev–Trinajstić information content (AvgIpc) is 3.07. The standard InChI is InChI=1S/C18H16ClNO5/c1-11(25-18(22)13-4-2-3-5-14(13)19)17(21)20-9-12-6-7-15-16(8-12)24-10-23-15/h2-8,11H,9-10H2,1H3,(H,20,21)/t11-/m0/s1. The van der Waals surface area contributed by atoms with Gasteiger partial charge in [0.2, 0.25) is 6.79 Å². The summed E-state index contributed by atoms with van der Waals surface area (Å²) in [6, 6.07) is 11.9. The second kappa shape index (κ2) is 7.44. The van der Waals surface area contributed by atoms with Crippen LogP contribution < -0.4 is 14.8 Å². The maximum Gasteiger partial charge on any atom is 0.340 e. The van der Waals surface area contributed by atoms with Crippen LogP contribution in [0, 0.1) is 0 Å². The number of amides is 1. The van der Waals surface area contributed by atoms with E-state index in [0.717, 1.165) is 5.56 Å². The van der Waals surface area contributed by atoms with Gasteiger partial charge in [-0.15, -0.1) is 0 Å². The van der Waals surface area contributed by atoms with E-state index in [0.29, 0.717) is 11.5 Å². The predicted molar refractivity (Wildman–Crippen MR) is 90.7 cm³/mol. The molecule has 1 aliphatic heterocycles. The Kier molecular flexibility index (Phi) is 5.09. The lowest BCUT2D eigenvalue weighted by molar-refractivity contribution is -0.129. The van der Waals surface area contributed by atoms with Gasteiger partial charge in [0, 0.05) is 6.54 Å². The summed E-state index contributed by atoms with van der Waals surface area (Å²) in [4.78, 5) is 24.2. The molecule has 2 aromatic rings. The summed E-state index contributed by atoms with van der Waals surface area (Å²) in [6.45, 7) is 1.98. The van der Waals surface area contributed by atoms with Gasteiger partial charge in [-0.1, -0.05) is 29.8 Å². The van der Waals surface area contributed by atoms with Gasteiger partial charge in [0.25, 0.3) is 5.91 Å². The molecule has 6 nitrogen and oxygen atoms in total. The van der Waals surface area contributed by atoms with Crippen LogP contribution in [-0.2, 0) is 16.1 Å². The van der Waals surface area contributed by atoms with Crippen LogP contribution in [0.15, 0.2) is 42.5 Å². The highest BCUT2D eigenvalue weighted by Gasteiger charge is 2.20. The molecule has 2 aromatic carbocycles. The number of fused-ring (bicyclic) bond motifs is 1. The molecule has 1 heterocycles. The molecule has 0 saturated carbocycles. The molecular formula is C18H16ClNO5. The summed E-state index contributed by atoms with van der Waals surface area (Å²) >= 11 is 5.95. The van der Waals surface area contributed by atoms with Gasteiger partial charge in [-0.2, -0.15) is 0 Å². The fourth-order valence-electron chi connectivity index (χ4n) is 2.29. The smallest absolute Gasteiger partial charge is 0.340 e. The SMILES string of the molecule is C[C@H](OC(=O)c1ccccc1Cl)C(=O)NCc1ccc2c(c1)OCO2. The molecule has 0 unspecified atom stereocenters. The lowest BCUT2D eigenvalue weighted by Gasteiger charge is -2.14. The molecule has 0 saturated heterocycles. The molecule has 7 heteroatoms. The van der Waals surface area contributed by atoms with Crippen molar-refractivity contribution in [2.75, 3.05) is 6.79 Å². The summed E-state index contributed by atoms with van der Waals surface area (Å²) < 4.78 is 15.7. The quantitative estimate of drug-likeness (QED) is 0.829. The molecule has 3 rings (SSSR count). The number of carbonyl (C=O) groups excluding carboxylic acids is 2. The van der Waals surface area contributed by atoms with E-state index in [1.54, 1.807) is 36.4 Å². The molecule has 25 heavy (non-hydrogen) atoms. The van der Waals surface area contributed by atoms with Crippen molar-refractivity contribution in [1.82, 2.24) is 5.32 Å². The minimum atomic E-state index is -0.946. The highest BCUT2D eigenvalue weighted by molar-refractivity contribution is 6.33. The first-order valence-corrected chi connectivity index (χ1v) is 8.04. The van der Waals surface area contributed by atoms with Crippen molar-refractivity contribution in [2.24, 2.45) is 0 Å². The van der Waals surface area contributed by atoms with Crippen LogP contribution in [0.1, 0.15) is 22.8 Å². The van der Waals surface area contributed by atoms with Crippen LogP contribution in [0.3, 0.4) is 0 Å². The number of hydrogen-bond donors (Lipinski definition) is 1. The van der Waals surface area contributed by atoms with Gasteiger partial charge in [0.15, 0.2) is 17.6 Å². The maximum atomic E-state index is 12.1. The third-order valence-electron chi connectivity index (χ3n) is 3.65. The lowest BCUT2D eigenvalue weighted by atomic mass is 10.2. The first kappa shape index (κ1) is 17.1. The number of halogens is 1. The van der Waals surface area contributed by atoms with E-state index in [4.69, 9.17) is 25.8 Å². The molecule has 0 radical (unpaired) electrons. The van der Waals surface area contributed by atoms with Crippen LogP contribution in [0.4, 0.5) is 0 Å². The van der Waals surface area contributed by atoms with Crippen molar-refractivity contribution in [2.45, 2.75) is 19.6 Å². The van der Waals surface area contributed by atoms with E-state index in [-0.39, 0.29) is 23.9 Å². The highest BCUT2D eigenvalue weighted by atomic mass is 35.5. The Morgan fingerprint density at radius 2 is 1.96 bits per heavy atom. The van der Waals surface area contributed by atoms with E-state index in [2.05, 4.69) is 5.32 Å². The Balaban J connectivity index is 1.54. The second-order valence-corrected chi connectivity index (χ2v) is 5.84. The summed E-state index contributed by atoms with van der Waals surface area (Å²) in [5, 5.41) is 2.99. The summed E-state index contributed by atoms with van der Waals surface area (Å²) in [5.74, 6) is 0.274. The maximum absolute atomic E-state index is 12.1. The summed E-state index contributed by atoms with van der Waals surface area (Å²) in [6.07, 6.45) is -0.946. The Morgan fingerprint density at radius 1 is 1.20 bits per heavy atom. The van der Waals surface area contributed by atoms with Gasteiger partial charge in [-0.25, -0.2) is 4.79 Å². The molecular weight excluding hydrogens is 346 g/mol. The van der Waals surface area contributed by atoms with E-state index < -0.39 is 18.0 Å². The number of ether oxygens (including phenoxy) is 3. The molecule has 0 aromatic heterocycles. The van der Waals surface area contributed by atoms with Crippen molar-refractivity contribution in [1.29, 1.82) is 0 Å². The van der Waals surface area contributed by atoms with E-state index in [1.807, 2.05) is 6.07 Å². The zero-order chi connectivity index (χ0) is 17.8. The lowest BCUT2D eigenvalue weighted by Crippen LogP contribution is -2.35. The third-order valence-corrected chi connectivity index (χ3v) is 3.98. The molecule has 0 bridgehead atoms. The Hall–Kier alpha value is -2.73. The topological polar surface area (TPSA) is 73.9 Å². The molecule has 1 amide bonds. The van der Waals surface area contributed by atoms with Crippen LogP contribution in [-0.4, -0.2) is 24.8 Å². The third kappa shape index (κ3) is 4.03. The molecule has 0 spiro atoms. The van der Waals surface area contributed by atoms with Gasteiger partial charge in [-0.05, 0) is 36.8 Å². The van der Waals surface area contributed by atoms with Gasteiger partial charge >= 0.3 is 5.97 Å². The first-order chi connectivity index (χ1) is 12.0. The van der Waals surface area contributed by atoms with Crippen molar-refractivity contribution in [3.05, 3.63) is 58.6 Å². The van der Waals surface area contributed by atoms with Gasteiger partial charge in [-0.3, -0.25) is 4.79 Å². The Bertz CT molecular complexity index is 808. The number of esters is 1. The molecule has 1 N–H and O–H groups in total. The number of benzene rings is 2. The van der Waals surface area contributed by atoms with Crippen molar-refractivity contribution in [3.63, 3.8) is 0 Å². The molecule has 0 fully saturated rings. The molecule has 0 aliphatic carbocycles. The fraction of sp³-hybridized carbons (Fsp3) is 0.222. The summed E-state index contributed by atoms with van der Waals surface area (Å²) in [5.41, 5.74) is 1.07. The van der Waals surface area contributed by atoms with E-state index >= 15 is 0 Å².